The van der Waals surface area contributed by atoms with Crippen LogP contribution >= 0.6 is 11.8 Å². The van der Waals surface area contributed by atoms with E-state index in [-0.39, 0.29) is 42.1 Å². The maximum Gasteiger partial charge on any atom is 0.327 e. The van der Waals surface area contributed by atoms with Crippen molar-refractivity contribution in [2.45, 2.75) is 24.3 Å². The smallest absolute Gasteiger partial charge is 0.327 e. The number of carbonyl (C=O) groups is 3. The van der Waals surface area contributed by atoms with E-state index < -0.39 is 17.5 Å². The lowest BCUT2D eigenvalue weighted by Gasteiger charge is -2.50. The fourth-order valence-corrected chi connectivity index (χ4v) is 5.19. The van der Waals surface area contributed by atoms with Gasteiger partial charge in [-0.25, -0.2) is 9.18 Å². The highest BCUT2D eigenvalue weighted by atomic mass is 32.2. The molecule has 4 amide bonds. The number of hydrogen-bond donors (Lipinski definition) is 3. The number of amides is 4. The van der Waals surface area contributed by atoms with Gasteiger partial charge in [-0.3, -0.25) is 25.1 Å². The van der Waals surface area contributed by atoms with Crippen LogP contribution in [0.5, 0.6) is 0 Å². The van der Waals surface area contributed by atoms with Crippen LogP contribution in [0.3, 0.4) is 0 Å². The molecule has 10 heteroatoms. The Morgan fingerprint density at radius 1 is 1.06 bits per heavy atom. The van der Waals surface area contributed by atoms with Crippen molar-refractivity contribution in [1.29, 1.82) is 0 Å². The van der Waals surface area contributed by atoms with Crippen LogP contribution < -0.4 is 16.0 Å². The minimum Gasteiger partial charge on any atom is -0.351 e. The van der Waals surface area contributed by atoms with Crippen molar-refractivity contribution in [3.05, 3.63) is 71.5 Å². The molecule has 0 aliphatic carbocycles. The minimum atomic E-state index is -0.562. The summed E-state index contributed by atoms with van der Waals surface area (Å²) in [5.74, 6) is -1.26. The summed E-state index contributed by atoms with van der Waals surface area (Å²) in [4.78, 5) is 40.7. The Labute approximate surface area is 195 Å². The zero-order valence-corrected chi connectivity index (χ0v) is 19.1. The third kappa shape index (κ3) is 5.02. The van der Waals surface area contributed by atoms with Crippen LogP contribution in [0.2, 0.25) is 0 Å². The average molecular weight is 472 g/mol. The number of carbonyl (C=O) groups excluding carboxylic acids is 3. The van der Waals surface area contributed by atoms with Gasteiger partial charge in [-0.1, -0.05) is 42.5 Å². The Morgan fingerprint density at radius 3 is 2.45 bits per heavy atom. The van der Waals surface area contributed by atoms with Gasteiger partial charge in [0.15, 0.2) is 0 Å². The summed E-state index contributed by atoms with van der Waals surface area (Å²) < 4.78 is 13.1. The van der Waals surface area contributed by atoms with Crippen molar-refractivity contribution in [2.24, 2.45) is 5.92 Å². The monoisotopic (exact) mass is 471 g/mol. The predicted octanol–water partition coefficient (Wildman–Crippen LogP) is 1.86. The molecule has 3 N–H and O–H groups in total. The summed E-state index contributed by atoms with van der Waals surface area (Å²) in [5.41, 5.74) is 1.76. The summed E-state index contributed by atoms with van der Waals surface area (Å²) in [7, 11) is 3.14. The van der Waals surface area contributed by atoms with Gasteiger partial charge < -0.3 is 10.2 Å². The van der Waals surface area contributed by atoms with E-state index >= 15 is 0 Å². The standard InChI is InChI=1S/C23H26FN5O3S/c1-28-20-18(22(31)29(2)23(28)32)21(27-19(26-20)15-6-4-3-5-7-15)33-13-17(30)25-12-14-8-10-16(24)11-9-14/h3-11,18-21,26-27H,12-13H2,1-2H3,(H,25,30). The molecule has 4 atom stereocenters. The molecule has 4 rings (SSSR count). The molecular formula is C23H26FN5O3S. The first-order valence-electron chi connectivity index (χ1n) is 10.6. The second-order valence-electron chi connectivity index (χ2n) is 8.07. The van der Waals surface area contributed by atoms with Gasteiger partial charge in [0, 0.05) is 20.6 Å². The summed E-state index contributed by atoms with van der Waals surface area (Å²) in [6.07, 6.45) is -0.800. The summed E-state index contributed by atoms with van der Waals surface area (Å²) in [6, 6.07) is 15.2. The number of halogens is 1. The Kier molecular flexibility index (Phi) is 6.96. The van der Waals surface area contributed by atoms with Gasteiger partial charge in [0.05, 0.1) is 29.4 Å². The van der Waals surface area contributed by atoms with Gasteiger partial charge in [0.2, 0.25) is 11.8 Å². The van der Waals surface area contributed by atoms with E-state index in [1.54, 1.807) is 19.2 Å². The fourth-order valence-electron chi connectivity index (χ4n) is 4.06. The van der Waals surface area contributed by atoms with E-state index in [1.807, 2.05) is 30.3 Å². The van der Waals surface area contributed by atoms with Crippen molar-refractivity contribution < 1.29 is 18.8 Å². The molecule has 2 fully saturated rings. The molecule has 2 saturated heterocycles. The zero-order chi connectivity index (χ0) is 23.5. The van der Waals surface area contributed by atoms with Crippen LogP contribution in [0.15, 0.2) is 54.6 Å². The third-order valence-electron chi connectivity index (χ3n) is 5.89. The Bertz CT molecular complexity index is 1020. The highest BCUT2D eigenvalue weighted by Crippen LogP contribution is 2.34. The molecule has 0 spiro atoms. The first kappa shape index (κ1) is 23.2. The molecule has 0 aromatic heterocycles. The van der Waals surface area contributed by atoms with Gasteiger partial charge in [-0.15, -0.1) is 11.8 Å². The number of nitrogens with zero attached hydrogens (tertiary/aromatic N) is 2. The molecule has 2 aliphatic rings. The van der Waals surface area contributed by atoms with Crippen LogP contribution in [0.4, 0.5) is 9.18 Å². The minimum absolute atomic E-state index is 0.123. The SMILES string of the molecule is CN1C(=O)C2C(SCC(=O)NCc3ccc(F)cc3)NC(c3ccccc3)NC2N(C)C1=O. The molecule has 8 nitrogen and oxygen atoms in total. The molecule has 4 unspecified atom stereocenters. The number of imide groups is 1. The fraction of sp³-hybridized carbons (Fsp3) is 0.348. The molecule has 2 heterocycles. The van der Waals surface area contributed by atoms with Crippen LogP contribution in [0.25, 0.3) is 0 Å². The van der Waals surface area contributed by atoms with Gasteiger partial charge >= 0.3 is 6.03 Å². The number of hydrogen-bond acceptors (Lipinski definition) is 6. The number of nitrogens with one attached hydrogen (secondary N) is 3. The van der Waals surface area contributed by atoms with Crippen LogP contribution in [0.1, 0.15) is 17.3 Å². The summed E-state index contributed by atoms with van der Waals surface area (Å²) >= 11 is 1.33. The molecule has 0 radical (unpaired) electrons. The molecule has 2 aliphatic heterocycles. The lowest BCUT2D eigenvalue weighted by molar-refractivity contribution is -0.140. The Balaban J connectivity index is 1.46. The maximum atomic E-state index is 13.1. The van der Waals surface area contributed by atoms with Crippen molar-refractivity contribution in [2.75, 3.05) is 19.8 Å². The van der Waals surface area contributed by atoms with E-state index in [9.17, 15) is 18.8 Å². The van der Waals surface area contributed by atoms with E-state index in [0.29, 0.717) is 0 Å². The van der Waals surface area contributed by atoms with Gasteiger partial charge in [-0.2, -0.15) is 0 Å². The van der Waals surface area contributed by atoms with Crippen molar-refractivity contribution in [3.63, 3.8) is 0 Å². The lowest BCUT2D eigenvalue weighted by Crippen LogP contribution is -2.72. The molecule has 0 bridgehead atoms. The van der Waals surface area contributed by atoms with Crippen molar-refractivity contribution >= 4 is 29.6 Å². The van der Waals surface area contributed by atoms with Crippen LogP contribution in [0, 0.1) is 11.7 Å². The van der Waals surface area contributed by atoms with E-state index in [1.165, 1.54) is 35.8 Å². The molecule has 33 heavy (non-hydrogen) atoms. The third-order valence-corrected chi connectivity index (χ3v) is 7.10. The van der Waals surface area contributed by atoms with Crippen molar-refractivity contribution in [1.82, 2.24) is 25.8 Å². The summed E-state index contributed by atoms with van der Waals surface area (Å²) in [5, 5.41) is 9.23. The predicted molar refractivity (Wildman–Crippen MR) is 123 cm³/mol. The molecule has 0 saturated carbocycles. The highest BCUT2D eigenvalue weighted by Gasteiger charge is 2.51. The Morgan fingerprint density at radius 2 is 1.76 bits per heavy atom. The summed E-state index contributed by atoms with van der Waals surface area (Å²) in [6.45, 7) is 0.289. The van der Waals surface area contributed by atoms with Gasteiger partial charge in [-0.05, 0) is 23.3 Å². The van der Waals surface area contributed by atoms with Gasteiger partial charge in [0.1, 0.15) is 5.82 Å². The van der Waals surface area contributed by atoms with E-state index in [2.05, 4.69) is 16.0 Å². The first-order valence-corrected chi connectivity index (χ1v) is 11.6. The first-order chi connectivity index (χ1) is 15.8. The number of benzene rings is 2. The molecular weight excluding hydrogens is 445 g/mol. The van der Waals surface area contributed by atoms with E-state index in [4.69, 9.17) is 0 Å². The maximum absolute atomic E-state index is 13.1. The second kappa shape index (κ2) is 9.90. The highest BCUT2D eigenvalue weighted by molar-refractivity contribution is 8.00. The number of urea groups is 1. The number of rotatable bonds is 6. The largest absolute Gasteiger partial charge is 0.351 e. The Hall–Kier alpha value is -2.95. The second-order valence-corrected chi connectivity index (χ2v) is 9.20. The average Bonchev–Trinajstić information content (AvgIpc) is 2.84. The lowest BCUT2D eigenvalue weighted by atomic mass is 9.96. The quantitative estimate of drug-likeness (QED) is 0.596. The number of thioether (sulfide) groups is 1. The van der Waals surface area contributed by atoms with Crippen molar-refractivity contribution in [3.8, 4) is 0 Å². The normalized spacial score (nSPS) is 25.1. The molecule has 2 aromatic rings. The van der Waals surface area contributed by atoms with Crippen LogP contribution in [-0.4, -0.2) is 59.0 Å². The topological polar surface area (TPSA) is 93.8 Å². The van der Waals surface area contributed by atoms with Gasteiger partial charge in [0.25, 0.3) is 0 Å². The van der Waals surface area contributed by atoms with E-state index in [0.717, 1.165) is 16.0 Å². The molecule has 2 aromatic carbocycles. The zero-order valence-electron chi connectivity index (χ0n) is 18.3. The number of fused-ring (bicyclic) bond motifs is 1. The molecule has 174 valence electrons. The van der Waals surface area contributed by atoms with Crippen LogP contribution in [-0.2, 0) is 16.1 Å².